The van der Waals surface area contributed by atoms with E-state index in [-0.39, 0.29) is 5.69 Å². The third kappa shape index (κ3) is 2.76. The van der Waals surface area contributed by atoms with Crippen molar-refractivity contribution in [2.24, 2.45) is 0 Å². The molecule has 98 valence electrons. The molecule has 0 radical (unpaired) electrons. The van der Waals surface area contributed by atoms with Crippen molar-refractivity contribution in [3.63, 3.8) is 0 Å². The van der Waals surface area contributed by atoms with Crippen LogP contribution in [-0.4, -0.2) is 27.0 Å². The van der Waals surface area contributed by atoms with Gasteiger partial charge in [0.05, 0.1) is 4.92 Å². The summed E-state index contributed by atoms with van der Waals surface area (Å²) in [6, 6.07) is 4.01. The molecule has 0 amide bonds. The molecule has 0 aliphatic carbocycles. The maximum Gasteiger partial charge on any atom is 0.287 e. The van der Waals surface area contributed by atoms with Crippen LogP contribution in [0.5, 0.6) is 0 Å². The van der Waals surface area contributed by atoms with Crippen molar-refractivity contribution in [3.8, 4) is 0 Å². The van der Waals surface area contributed by atoms with Gasteiger partial charge < -0.3 is 5.43 Å². The molecule has 1 aliphatic rings. The van der Waals surface area contributed by atoms with E-state index in [1.54, 1.807) is 6.07 Å². The number of pyridine rings is 1. The SMILES string of the molecule is CC1CCCC(C)N1Nc1ccc([N+](=O)[O-])cn1. The summed E-state index contributed by atoms with van der Waals surface area (Å²) in [5.74, 6) is 0.654. The first-order chi connectivity index (χ1) is 8.58. The van der Waals surface area contributed by atoms with Crippen LogP contribution in [0.25, 0.3) is 0 Å². The number of nitrogens with one attached hydrogen (secondary N) is 1. The van der Waals surface area contributed by atoms with E-state index in [4.69, 9.17) is 0 Å². The Morgan fingerprint density at radius 1 is 1.39 bits per heavy atom. The number of nitro groups is 1. The summed E-state index contributed by atoms with van der Waals surface area (Å²) in [7, 11) is 0. The van der Waals surface area contributed by atoms with E-state index in [2.05, 4.69) is 29.3 Å². The fourth-order valence-corrected chi connectivity index (χ4v) is 2.33. The van der Waals surface area contributed by atoms with Gasteiger partial charge in [-0.05, 0) is 32.8 Å². The molecule has 0 bridgehead atoms. The van der Waals surface area contributed by atoms with E-state index < -0.39 is 4.92 Å². The van der Waals surface area contributed by atoms with Crippen LogP contribution < -0.4 is 5.43 Å². The molecule has 6 nitrogen and oxygen atoms in total. The summed E-state index contributed by atoms with van der Waals surface area (Å²) in [6.45, 7) is 4.35. The molecule has 18 heavy (non-hydrogen) atoms. The van der Waals surface area contributed by atoms with Crippen LogP contribution in [-0.2, 0) is 0 Å². The van der Waals surface area contributed by atoms with Gasteiger partial charge in [-0.15, -0.1) is 0 Å². The van der Waals surface area contributed by atoms with Crippen LogP contribution in [0.1, 0.15) is 33.1 Å². The van der Waals surface area contributed by atoms with E-state index >= 15 is 0 Å². The molecule has 1 N–H and O–H groups in total. The Bertz CT molecular complexity index is 411. The number of hydrogen-bond donors (Lipinski definition) is 1. The second-order valence-electron chi connectivity index (χ2n) is 4.81. The standard InChI is InChI=1S/C12H18N4O2/c1-9-4-3-5-10(2)15(9)14-12-7-6-11(8-13-12)16(17)18/h6-10H,3-5H2,1-2H3,(H,13,14). The lowest BCUT2D eigenvalue weighted by atomic mass is 10.00. The minimum absolute atomic E-state index is 0.0142. The van der Waals surface area contributed by atoms with Gasteiger partial charge in [-0.3, -0.25) is 10.1 Å². The maximum atomic E-state index is 10.5. The van der Waals surface area contributed by atoms with Crippen molar-refractivity contribution in [2.45, 2.75) is 45.2 Å². The summed E-state index contributed by atoms with van der Waals surface area (Å²) in [4.78, 5) is 14.2. The lowest BCUT2D eigenvalue weighted by Gasteiger charge is -2.39. The molecule has 2 heterocycles. The van der Waals surface area contributed by atoms with E-state index in [0.29, 0.717) is 17.9 Å². The monoisotopic (exact) mass is 250 g/mol. The molecule has 2 atom stereocenters. The zero-order valence-electron chi connectivity index (χ0n) is 10.7. The summed E-state index contributed by atoms with van der Waals surface area (Å²) in [5.41, 5.74) is 3.26. The van der Waals surface area contributed by atoms with Gasteiger partial charge in [0.15, 0.2) is 0 Å². The first-order valence-electron chi connectivity index (χ1n) is 6.23. The second kappa shape index (κ2) is 5.30. The van der Waals surface area contributed by atoms with Crippen LogP contribution in [0, 0.1) is 10.1 Å². The summed E-state index contributed by atoms with van der Waals surface area (Å²) < 4.78 is 0. The lowest BCUT2D eigenvalue weighted by Crippen LogP contribution is -2.47. The van der Waals surface area contributed by atoms with Crippen LogP contribution in [0.15, 0.2) is 18.3 Å². The normalized spacial score (nSPS) is 24.8. The lowest BCUT2D eigenvalue weighted by molar-refractivity contribution is -0.385. The highest BCUT2D eigenvalue weighted by Crippen LogP contribution is 2.23. The van der Waals surface area contributed by atoms with Gasteiger partial charge in [0.2, 0.25) is 0 Å². The summed E-state index contributed by atoms with van der Waals surface area (Å²) in [6.07, 6.45) is 4.84. The van der Waals surface area contributed by atoms with Crippen molar-refractivity contribution >= 4 is 11.5 Å². The average Bonchev–Trinajstić information content (AvgIpc) is 2.34. The fourth-order valence-electron chi connectivity index (χ4n) is 2.33. The molecule has 0 spiro atoms. The number of hydrazine groups is 1. The predicted molar refractivity (Wildman–Crippen MR) is 69.1 cm³/mol. The number of rotatable bonds is 3. The Labute approximate surface area is 106 Å². The zero-order chi connectivity index (χ0) is 13.1. The van der Waals surface area contributed by atoms with E-state index in [0.717, 1.165) is 12.8 Å². The van der Waals surface area contributed by atoms with Crippen molar-refractivity contribution in [1.82, 2.24) is 9.99 Å². The highest BCUT2D eigenvalue weighted by molar-refractivity contribution is 5.39. The number of nitrogens with zero attached hydrogens (tertiary/aromatic N) is 3. The minimum Gasteiger partial charge on any atom is -0.303 e. The second-order valence-corrected chi connectivity index (χ2v) is 4.81. The van der Waals surface area contributed by atoms with Gasteiger partial charge in [0, 0.05) is 18.2 Å². The molecule has 1 aliphatic heterocycles. The summed E-state index contributed by atoms with van der Waals surface area (Å²) in [5, 5.41) is 12.7. The molecule has 1 aromatic heterocycles. The number of aromatic nitrogens is 1. The van der Waals surface area contributed by atoms with Gasteiger partial charge in [-0.25, -0.2) is 9.99 Å². The Balaban J connectivity index is 2.06. The molecule has 0 aromatic carbocycles. The number of piperidine rings is 1. The highest BCUT2D eigenvalue weighted by Gasteiger charge is 2.24. The third-order valence-electron chi connectivity index (χ3n) is 3.40. The fraction of sp³-hybridized carbons (Fsp3) is 0.583. The minimum atomic E-state index is -0.442. The molecule has 1 fully saturated rings. The van der Waals surface area contributed by atoms with Crippen molar-refractivity contribution in [1.29, 1.82) is 0 Å². The zero-order valence-corrected chi connectivity index (χ0v) is 10.7. The van der Waals surface area contributed by atoms with Gasteiger partial charge >= 0.3 is 0 Å². The summed E-state index contributed by atoms with van der Waals surface area (Å²) >= 11 is 0. The topological polar surface area (TPSA) is 71.3 Å². The third-order valence-corrected chi connectivity index (χ3v) is 3.40. The Hall–Kier alpha value is -1.69. The van der Waals surface area contributed by atoms with Crippen LogP contribution in [0.2, 0.25) is 0 Å². The van der Waals surface area contributed by atoms with Gasteiger partial charge in [-0.2, -0.15) is 0 Å². The highest BCUT2D eigenvalue weighted by atomic mass is 16.6. The molecular formula is C12H18N4O2. The van der Waals surface area contributed by atoms with Crippen LogP contribution >= 0.6 is 0 Å². The Morgan fingerprint density at radius 2 is 2.06 bits per heavy atom. The first kappa shape index (κ1) is 12.8. The van der Waals surface area contributed by atoms with E-state index in [9.17, 15) is 10.1 Å². The van der Waals surface area contributed by atoms with Crippen LogP contribution in [0.4, 0.5) is 11.5 Å². The van der Waals surface area contributed by atoms with Gasteiger partial charge in [-0.1, -0.05) is 6.42 Å². The average molecular weight is 250 g/mol. The maximum absolute atomic E-state index is 10.5. The molecule has 0 saturated carbocycles. The largest absolute Gasteiger partial charge is 0.303 e. The van der Waals surface area contributed by atoms with Gasteiger partial charge in [0.25, 0.3) is 5.69 Å². The Kier molecular flexibility index (Phi) is 3.76. The molecule has 1 aromatic rings. The van der Waals surface area contributed by atoms with Crippen molar-refractivity contribution in [2.75, 3.05) is 5.43 Å². The molecule has 2 unspecified atom stereocenters. The Morgan fingerprint density at radius 3 is 2.56 bits per heavy atom. The predicted octanol–water partition coefficient (Wildman–Crippen LogP) is 2.58. The molecule has 6 heteroatoms. The number of hydrogen-bond acceptors (Lipinski definition) is 5. The molecule has 1 saturated heterocycles. The van der Waals surface area contributed by atoms with E-state index in [1.807, 2.05) is 0 Å². The smallest absolute Gasteiger partial charge is 0.287 e. The molecular weight excluding hydrogens is 232 g/mol. The van der Waals surface area contributed by atoms with Gasteiger partial charge in [0.1, 0.15) is 12.0 Å². The molecule has 2 rings (SSSR count). The van der Waals surface area contributed by atoms with Crippen LogP contribution in [0.3, 0.4) is 0 Å². The first-order valence-corrected chi connectivity index (χ1v) is 6.23. The van der Waals surface area contributed by atoms with Crippen molar-refractivity contribution < 1.29 is 4.92 Å². The van der Waals surface area contributed by atoms with Crippen molar-refractivity contribution in [3.05, 3.63) is 28.4 Å². The quantitative estimate of drug-likeness (QED) is 0.659. The van der Waals surface area contributed by atoms with E-state index in [1.165, 1.54) is 18.7 Å². The number of anilines is 1.